The van der Waals surface area contributed by atoms with E-state index in [4.69, 9.17) is 9.84 Å². The van der Waals surface area contributed by atoms with Gasteiger partial charge in [0, 0.05) is 4.88 Å². The van der Waals surface area contributed by atoms with E-state index in [2.05, 4.69) is 5.32 Å². The van der Waals surface area contributed by atoms with Crippen LogP contribution >= 0.6 is 11.3 Å². The van der Waals surface area contributed by atoms with E-state index >= 15 is 0 Å². The van der Waals surface area contributed by atoms with Crippen molar-refractivity contribution in [2.24, 2.45) is 0 Å². The molecule has 0 saturated heterocycles. The molecular formula is C17H19NO4S. The van der Waals surface area contributed by atoms with Gasteiger partial charge >= 0.3 is 5.97 Å². The first-order chi connectivity index (χ1) is 11.1. The number of ether oxygens (including phenoxy) is 1. The van der Waals surface area contributed by atoms with Gasteiger partial charge in [-0.25, -0.2) is 0 Å². The zero-order valence-electron chi connectivity index (χ0n) is 12.8. The van der Waals surface area contributed by atoms with E-state index in [1.807, 2.05) is 48.7 Å². The van der Waals surface area contributed by atoms with E-state index in [0.29, 0.717) is 6.61 Å². The highest BCUT2D eigenvalue weighted by molar-refractivity contribution is 7.10. The maximum absolute atomic E-state index is 12.2. The summed E-state index contributed by atoms with van der Waals surface area (Å²) < 4.78 is 5.36. The van der Waals surface area contributed by atoms with Crippen molar-refractivity contribution in [1.82, 2.24) is 5.32 Å². The standard InChI is InChI=1S/C17H19NO4S/c1-2-22-13-7-5-12(6-8-13)10-16(19)18-14(11-17(20)21)15-4-3-9-23-15/h3-9,14H,2,10-11H2,1H3,(H,18,19)(H,20,21). The molecule has 0 aliphatic rings. The van der Waals surface area contributed by atoms with Gasteiger partial charge in [0.05, 0.1) is 25.5 Å². The molecule has 2 rings (SSSR count). The van der Waals surface area contributed by atoms with E-state index in [1.165, 1.54) is 11.3 Å². The highest BCUT2D eigenvalue weighted by Crippen LogP contribution is 2.22. The summed E-state index contributed by atoms with van der Waals surface area (Å²) in [6, 6.07) is 10.5. The largest absolute Gasteiger partial charge is 0.494 e. The van der Waals surface area contributed by atoms with Gasteiger partial charge in [0.2, 0.25) is 5.91 Å². The topological polar surface area (TPSA) is 75.6 Å². The zero-order valence-corrected chi connectivity index (χ0v) is 13.6. The minimum Gasteiger partial charge on any atom is -0.494 e. The number of carbonyl (C=O) groups is 2. The number of amides is 1. The Morgan fingerprint density at radius 3 is 2.57 bits per heavy atom. The van der Waals surface area contributed by atoms with Crippen LogP contribution in [0.15, 0.2) is 41.8 Å². The number of thiophene rings is 1. The van der Waals surface area contributed by atoms with Crippen LogP contribution in [0, 0.1) is 0 Å². The number of hydrogen-bond donors (Lipinski definition) is 2. The summed E-state index contributed by atoms with van der Waals surface area (Å²) in [5.41, 5.74) is 0.853. The lowest BCUT2D eigenvalue weighted by atomic mass is 10.1. The quantitative estimate of drug-likeness (QED) is 0.778. The highest BCUT2D eigenvalue weighted by Gasteiger charge is 2.19. The number of rotatable bonds is 8. The molecule has 1 aromatic heterocycles. The molecular weight excluding hydrogens is 314 g/mol. The van der Waals surface area contributed by atoms with Crippen LogP contribution < -0.4 is 10.1 Å². The van der Waals surface area contributed by atoms with Crippen LogP contribution in [0.1, 0.15) is 29.8 Å². The Morgan fingerprint density at radius 1 is 1.26 bits per heavy atom. The van der Waals surface area contributed by atoms with Crippen molar-refractivity contribution in [2.75, 3.05) is 6.61 Å². The second-order valence-electron chi connectivity index (χ2n) is 4.99. The van der Waals surface area contributed by atoms with Gasteiger partial charge in [0.15, 0.2) is 0 Å². The SMILES string of the molecule is CCOc1ccc(CC(=O)NC(CC(=O)O)c2cccs2)cc1. The summed E-state index contributed by atoms with van der Waals surface area (Å²) in [4.78, 5) is 24.0. The molecule has 6 heteroatoms. The number of carboxylic acid groups (broad SMARTS) is 1. The Labute approximate surface area is 138 Å². The predicted octanol–water partition coefficient (Wildman–Crippen LogP) is 3.02. The van der Waals surface area contributed by atoms with Crippen molar-refractivity contribution in [2.45, 2.75) is 25.8 Å². The molecule has 1 heterocycles. The maximum atomic E-state index is 12.2. The van der Waals surface area contributed by atoms with Crippen molar-refractivity contribution in [3.63, 3.8) is 0 Å². The molecule has 0 fully saturated rings. The third-order valence-corrected chi connectivity index (χ3v) is 4.19. The first-order valence-electron chi connectivity index (χ1n) is 7.34. The fourth-order valence-corrected chi connectivity index (χ4v) is 2.97. The summed E-state index contributed by atoms with van der Waals surface area (Å²) in [6.07, 6.45) is 0.0728. The van der Waals surface area contributed by atoms with Crippen molar-refractivity contribution in [3.05, 3.63) is 52.2 Å². The number of hydrogen-bond acceptors (Lipinski definition) is 4. The highest BCUT2D eigenvalue weighted by atomic mass is 32.1. The first-order valence-corrected chi connectivity index (χ1v) is 8.22. The lowest BCUT2D eigenvalue weighted by Gasteiger charge is -2.15. The molecule has 0 bridgehead atoms. The second-order valence-corrected chi connectivity index (χ2v) is 5.97. The molecule has 0 spiro atoms. The van der Waals surface area contributed by atoms with Gasteiger partial charge in [0.1, 0.15) is 5.75 Å². The molecule has 1 amide bonds. The fraction of sp³-hybridized carbons (Fsp3) is 0.294. The van der Waals surface area contributed by atoms with E-state index in [9.17, 15) is 9.59 Å². The van der Waals surface area contributed by atoms with Gasteiger partial charge < -0.3 is 15.2 Å². The molecule has 0 aliphatic heterocycles. The Morgan fingerprint density at radius 2 is 2.00 bits per heavy atom. The molecule has 2 N–H and O–H groups in total. The molecule has 122 valence electrons. The smallest absolute Gasteiger partial charge is 0.305 e. The summed E-state index contributed by atoms with van der Waals surface area (Å²) in [6.45, 7) is 2.51. The first kappa shape index (κ1) is 17.0. The van der Waals surface area contributed by atoms with Crippen LogP contribution in [0.4, 0.5) is 0 Å². The molecule has 5 nitrogen and oxygen atoms in total. The van der Waals surface area contributed by atoms with Crippen LogP contribution in [0.5, 0.6) is 5.75 Å². The minimum absolute atomic E-state index is 0.129. The Bertz CT molecular complexity index is 637. The number of benzene rings is 1. The number of carboxylic acids is 1. The monoisotopic (exact) mass is 333 g/mol. The van der Waals surface area contributed by atoms with Crippen LogP contribution in [-0.2, 0) is 16.0 Å². The van der Waals surface area contributed by atoms with E-state index < -0.39 is 12.0 Å². The maximum Gasteiger partial charge on any atom is 0.305 e. The van der Waals surface area contributed by atoms with Crippen molar-refractivity contribution >= 4 is 23.2 Å². The molecule has 1 atom stereocenters. The predicted molar refractivity (Wildman–Crippen MR) is 88.8 cm³/mol. The van der Waals surface area contributed by atoms with Gasteiger partial charge in [0.25, 0.3) is 0 Å². The van der Waals surface area contributed by atoms with Crippen LogP contribution in [0.2, 0.25) is 0 Å². The van der Waals surface area contributed by atoms with Gasteiger partial charge in [-0.1, -0.05) is 18.2 Å². The third kappa shape index (κ3) is 5.41. The Hall–Kier alpha value is -2.34. The lowest BCUT2D eigenvalue weighted by molar-refractivity contribution is -0.137. The van der Waals surface area contributed by atoms with Gasteiger partial charge in [-0.15, -0.1) is 11.3 Å². The van der Waals surface area contributed by atoms with E-state index in [1.54, 1.807) is 0 Å². The Kier molecular flexibility index (Phi) is 6.17. The fourth-order valence-electron chi connectivity index (χ4n) is 2.19. The molecule has 0 saturated carbocycles. The number of nitrogens with one attached hydrogen (secondary N) is 1. The summed E-state index contributed by atoms with van der Waals surface area (Å²) in [5.74, 6) is -0.377. The van der Waals surface area contributed by atoms with Crippen LogP contribution in [0.25, 0.3) is 0 Å². The zero-order chi connectivity index (χ0) is 16.7. The normalized spacial score (nSPS) is 11.7. The third-order valence-electron chi connectivity index (χ3n) is 3.20. The van der Waals surface area contributed by atoms with Gasteiger partial charge in [-0.05, 0) is 36.1 Å². The summed E-state index contributed by atoms with van der Waals surface area (Å²) >= 11 is 1.43. The average molecular weight is 333 g/mol. The molecule has 1 aromatic carbocycles. The molecule has 0 aliphatic carbocycles. The lowest BCUT2D eigenvalue weighted by Crippen LogP contribution is -2.30. The van der Waals surface area contributed by atoms with Gasteiger partial charge in [-0.3, -0.25) is 9.59 Å². The molecule has 0 radical (unpaired) electrons. The van der Waals surface area contributed by atoms with Crippen molar-refractivity contribution < 1.29 is 19.4 Å². The molecule has 2 aromatic rings. The summed E-state index contributed by atoms with van der Waals surface area (Å²) in [7, 11) is 0. The number of carbonyl (C=O) groups excluding carboxylic acids is 1. The Balaban J connectivity index is 1.97. The number of aliphatic carboxylic acids is 1. The van der Waals surface area contributed by atoms with Crippen LogP contribution in [-0.4, -0.2) is 23.6 Å². The summed E-state index contributed by atoms with van der Waals surface area (Å²) in [5, 5.41) is 13.7. The van der Waals surface area contributed by atoms with Crippen LogP contribution in [0.3, 0.4) is 0 Å². The van der Waals surface area contributed by atoms with E-state index in [-0.39, 0.29) is 18.7 Å². The van der Waals surface area contributed by atoms with Crippen molar-refractivity contribution in [1.29, 1.82) is 0 Å². The minimum atomic E-state index is -0.940. The average Bonchev–Trinajstić information content (AvgIpc) is 3.02. The van der Waals surface area contributed by atoms with Crippen molar-refractivity contribution in [3.8, 4) is 5.75 Å². The van der Waals surface area contributed by atoms with Gasteiger partial charge in [-0.2, -0.15) is 0 Å². The van der Waals surface area contributed by atoms with E-state index in [0.717, 1.165) is 16.2 Å². The molecule has 23 heavy (non-hydrogen) atoms. The second kappa shape index (κ2) is 8.33. The molecule has 1 unspecified atom stereocenters.